The van der Waals surface area contributed by atoms with E-state index in [1.807, 2.05) is 30.3 Å². The summed E-state index contributed by atoms with van der Waals surface area (Å²) in [5.41, 5.74) is 2.08. The van der Waals surface area contributed by atoms with Gasteiger partial charge in [0.15, 0.2) is 5.65 Å². The Kier molecular flexibility index (Phi) is 5.38. The summed E-state index contributed by atoms with van der Waals surface area (Å²) in [6.07, 6.45) is 4.50. The van der Waals surface area contributed by atoms with Gasteiger partial charge in [-0.25, -0.2) is 31.1 Å². The molecule has 36 heavy (non-hydrogen) atoms. The van der Waals surface area contributed by atoms with Gasteiger partial charge in [0.25, 0.3) is 15.9 Å². The Hall–Kier alpha value is -3.63. The van der Waals surface area contributed by atoms with Crippen LogP contribution in [0.15, 0.2) is 90.3 Å². The van der Waals surface area contributed by atoms with Gasteiger partial charge in [0.2, 0.25) is 0 Å². The van der Waals surface area contributed by atoms with E-state index in [9.17, 15) is 8.42 Å². The largest absolute Gasteiger partial charge is 0.321 e. The Balaban J connectivity index is 1.38. The SMILES string of the molecule is O=S(=O)(c1ccccc1)n1ccc2c3c(cnc21)ncn3C1CCN(Cc2ccccc2)CC1(F)F. The Morgan fingerprint density at radius 1 is 0.972 bits per heavy atom. The zero-order valence-electron chi connectivity index (χ0n) is 19.2. The lowest BCUT2D eigenvalue weighted by Crippen LogP contribution is -2.48. The van der Waals surface area contributed by atoms with Gasteiger partial charge in [-0.3, -0.25) is 4.90 Å². The number of pyridine rings is 1. The highest BCUT2D eigenvalue weighted by atomic mass is 32.2. The molecule has 1 aliphatic rings. The van der Waals surface area contributed by atoms with Crippen molar-refractivity contribution in [3.05, 3.63) is 91.0 Å². The first-order valence-electron chi connectivity index (χ1n) is 11.6. The number of halogens is 2. The third-order valence-electron chi connectivity index (χ3n) is 6.74. The maximum absolute atomic E-state index is 15.5. The molecule has 7 nitrogen and oxygen atoms in total. The van der Waals surface area contributed by atoms with E-state index < -0.39 is 22.0 Å². The highest BCUT2D eigenvalue weighted by Gasteiger charge is 2.46. The molecule has 2 aromatic carbocycles. The summed E-state index contributed by atoms with van der Waals surface area (Å²) in [5, 5.41) is 0.465. The number of rotatable bonds is 5. The molecule has 1 fully saturated rings. The van der Waals surface area contributed by atoms with Crippen molar-refractivity contribution in [1.82, 2.24) is 23.4 Å². The maximum Gasteiger partial charge on any atom is 0.280 e. The van der Waals surface area contributed by atoms with Crippen molar-refractivity contribution in [2.24, 2.45) is 0 Å². The molecule has 1 unspecified atom stereocenters. The van der Waals surface area contributed by atoms with Crippen LogP contribution in [0.4, 0.5) is 8.78 Å². The lowest BCUT2D eigenvalue weighted by molar-refractivity contribution is -0.104. The summed E-state index contributed by atoms with van der Waals surface area (Å²) in [4.78, 5) is 10.5. The molecule has 10 heteroatoms. The average molecular weight is 508 g/mol. The number of imidazole rings is 1. The lowest BCUT2D eigenvalue weighted by atomic mass is 9.99. The minimum Gasteiger partial charge on any atom is -0.321 e. The molecule has 5 aromatic rings. The van der Waals surface area contributed by atoms with Gasteiger partial charge >= 0.3 is 0 Å². The van der Waals surface area contributed by atoms with Gasteiger partial charge < -0.3 is 4.57 Å². The Morgan fingerprint density at radius 3 is 2.42 bits per heavy atom. The zero-order valence-corrected chi connectivity index (χ0v) is 20.0. The van der Waals surface area contributed by atoms with Crippen LogP contribution >= 0.6 is 0 Å². The first-order valence-corrected chi connectivity index (χ1v) is 13.1. The molecule has 0 N–H and O–H groups in total. The normalized spacial score (nSPS) is 18.7. The molecule has 1 atom stereocenters. The fourth-order valence-corrected chi connectivity index (χ4v) is 6.36. The van der Waals surface area contributed by atoms with E-state index in [1.54, 1.807) is 29.2 Å². The van der Waals surface area contributed by atoms with Crippen LogP contribution in [0.2, 0.25) is 0 Å². The number of aromatic nitrogens is 4. The number of hydrogen-bond acceptors (Lipinski definition) is 5. The molecule has 3 aromatic heterocycles. The highest BCUT2D eigenvalue weighted by Crippen LogP contribution is 2.40. The molecule has 0 bridgehead atoms. The Morgan fingerprint density at radius 2 is 1.69 bits per heavy atom. The Labute approximate surface area is 206 Å². The molecular formula is C26H23F2N5O2S. The number of likely N-dealkylation sites (tertiary alicyclic amines) is 1. The van der Waals surface area contributed by atoms with Crippen LogP contribution in [0.3, 0.4) is 0 Å². The minimum absolute atomic E-state index is 0.121. The zero-order chi connectivity index (χ0) is 24.9. The van der Waals surface area contributed by atoms with Crippen LogP contribution in [0.25, 0.3) is 22.1 Å². The van der Waals surface area contributed by atoms with Crippen LogP contribution in [0.5, 0.6) is 0 Å². The van der Waals surface area contributed by atoms with Gasteiger partial charge in [-0.2, -0.15) is 0 Å². The third-order valence-corrected chi connectivity index (χ3v) is 8.42. The summed E-state index contributed by atoms with van der Waals surface area (Å²) in [6, 6.07) is 18.1. The van der Waals surface area contributed by atoms with Gasteiger partial charge in [0, 0.05) is 24.7 Å². The van der Waals surface area contributed by atoms with E-state index in [-0.39, 0.29) is 23.5 Å². The van der Waals surface area contributed by atoms with E-state index in [0.717, 1.165) is 9.54 Å². The molecule has 1 saturated heterocycles. The number of piperidine rings is 1. The number of nitrogens with zero attached hydrogens (tertiary/aromatic N) is 5. The molecule has 0 saturated carbocycles. The highest BCUT2D eigenvalue weighted by molar-refractivity contribution is 7.90. The Bertz CT molecular complexity index is 1650. The van der Waals surface area contributed by atoms with Crippen molar-refractivity contribution in [2.45, 2.75) is 29.8 Å². The summed E-state index contributed by atoms with van der Waals surface area (Å²) in [7, 11) is -3.90. The van der Waals surface area contributed by atoms with E-state index in [4.69, 9.17) is 0 Å². The topological polar surface area (TPSA) is 73.0 Å². The average Bonchev–Trinajstić information content (AvgIpc) is 3.49. The van der Waals surface area contributed by atoms with Crippen molar-refractivity contribution in [1.29, 1.82) is 0 Å². The molecule has 184 valence electrons. The first kappa shape index (κ1) is 22.8. The first-order chi connectivity index (χ1) is 17.3. The van der Waals surface area contributed by atoms with Crippen molar-refractivity contribution in [2.75, 3.05) is 13.1 Å². The molecule has 1 aliphatic heterocycles. The number of benzene rings is 2. The second-order valence-corrected chi connectivity index (χ2v) is 10.9. The van der Waals surface area contributed by atoms with E-state index in [1.165, 1.54) is 35.4 Å². The molecule has 0 amide bonds. The summed E-state index contributed by atoms with van der Waals surface area (Å²) in [6.45, 7) is 0.596. The van der Waals surface area contributed by atoms with Crippen molar-refractivity contribution in [3.63, 3.8) is 0 Å². The van der Waals surface area contributed by atoms with Crippen molar-refractivity contribution in [3.8, 4) is 0 Å². The van der Waals surface area contributed by atoms with Crippen LogP contribution in [-0.2, 0) is 16.6 Å². The van der Waals surface area contributed by atoms with Crippen LogP contribution in [0.1, 0.15) is 18.0 Å². The number of hydrogen-bond donors (Lipinski definition) is 0. The molecule has 0 radical (unpaired) electrons. The van der Waals surface area contributed by atoms with E-state index in [0.29, 0.717) is 29.5 Å². The second-order valence-electron chi connectivity index (χ2n) is 9.07. The maximum atomic E-state index is 15.5. The van der Waals surface area contributed by atoms with Crippen molar-refractivity contribution < 1.29 is 17.2 Å². The molecule has 4 heterocycles. The van der Waals surface area contributed by atoms with Crippen LogP contribution in [-0.4, -0.2) is 50.8 Å². The van der Waals surface area contributed by atoms with Gasteiger partial charge in [-0.05, 0) is 30.2 Å². The lowest BCUT2D eigenvalue weighted by Gasteiger charge is -2.39. The van der Waals surface area contributed by atoms with E-state index in [2.05, 4.69) is 9.97 Å². The quantitative estimate of drug-likeness (QED) is 0.345. The summed E-state index contributed by atoms with van der Waals surface area (Å²) in [5.74, 6) is -3.01. The van der Waals surface area contributed by atoms with Crippen LogP contribution in [0, 0.1) is 0 Å². The third kappa shape index (κ3) is 3.77. The fraction of sp³-hybridized carbons (Fsp3) is 0.231. The smallest absolute Gasteiger partial charge is 0.280 e. The fourth-order valence-electron chi connectivity index (χ4n) is 5.04. The van der Waals surface area contributed by atoms with E-state index >= 15 is 8.78 Å². The van der Waals surface area contributed by atoms with Gasteiger partial charge in [-0.1, -0.05) is 48.5 Å². The van der Waals surface area contributed by atoms with Crippen molar-refractivity contribution >= 4 is 32.1 Å². The summed E-state index contributed by atoms with van der Waals surface area (Å²) >= 11 is 0. The predicted octanol–water partition coefficient (Wildman–Crippen LogP) is 4.71. The standard InChI is InChI=1S/C26H23F2N5O2S/c27-26(28)17-31(16-19-7-3-1-4-8-19)13-12-23(26)32-18-30-22-15-29-25-21(24(22)32)11-14-33(25)36(34,35)20-9-5-2-6-10-20/h1-11,14-15,18,23H,12-13,16-17H2. The van der Waals surface area contributed by atoms with Crippen LogP contribution < -0.4 is 0 Å². The van der Waals surface area contributed by atoms with Gasteiger partial charge in [0.1, 0.15) is 11.6 Å². The predicted molar refractivity (Wildman–Crippen MR) is 132 cm³/mol. The minimum atomic E-state index is -3.90. The molecule has 0 spiro atoms. The molecule has 0 aliphatic carbocycles. The van der Waals surface area contributed by atoms with Gasteiger partial charge in [0.05, 0.1) is 29.5 Å². The number of alkyl halides is 2. The van der Waals surface area contributed by atoms with Gasteiger partial charge in [-0.15, -0.1) is 0 Å². The second kappa shape index (κ2) is 8.49. The molecular weight excluding hydrogens is 484 g/mol. The monoisotopic (exact) mass is 507 g/mol. The molecule has 6 rings (SSSR count). The summed E-state index contributed by atoms with van der Waals surface area (Å²) < 4.78 is 60.1. The number of fused-ring (bicyclic) bond motifs is 3.